The molecule has 16 heavy (non-hydrogen) atoms. The molecule has 0 unspecified atom stereocenters. The number of anilines is 1. The second-order valence-corrected chi connectivity index (χ2v) is 3.80. The summed E-state index contributed by atoms with van der Waals surface area (Å²) < 4.78 is 36.8. The van der Waals surface area contributed by atoms with Crippen LogP contribution in [0.2, 0.25) is 0 Å². The molecular weight excluding hydrogens is 243 g/mol. The molecule has 0 aromatic carbocycles. The van der Waals surface area contributed by atoms with Gasteiger partial charge in [-0.05, 0) is 0 Å². The van der Waals surface area contributed by atoms with Gasteiger partial charge in [-0.2, -0.15) is 13.2 Å². The van der Waals surface area contributed by atoms with Gasteiger partial charge in [-0.1, -0.05) is 17.4 Å². The molecule has 0 saturated heterocycles. The van der Waals surface area contributed by atoms with Gasteiger partial charge in [-0.3, -0.25) is 0 Å². The smallest absolute Gasteiger partial charge is 0.395 e. The molecule has 8 heteroatoms. The molecule has 1 N–H and O–H groups in total. The Labute approximate surface area is 94.0 Å². The van der Waals surface area contributed by atoms with Crippen molar-refractivity contribution < 1.29 is 18.3 Å². The lowest BCUT2D eigenvalue weighted by Crippen LogP contribution is -2.26. The van der Waals surface area contributed by atoms with Gasteiger partial charge in [0.25, 0.3) is 0 Å². The van der Waals surface area contributed by atoms with E-state index < -0.39 is 11.2 Å². The van der Waals surface area contributed by atoms with Crippen LogP contribution in [0.4, 0.5) is 18.3 Å². The second-order valence-electron chi connectivity index (χ2n) is 2.85. The Bertz CT molecular complexity index is 353. The van der Waals surface area contributed by atoms with Crippen molar-refractivity contribution in [2.45, 2.75) is 6.18 Å². The molecule has 4 nitrogen and oxygen atoms in total. The highest BCUT2D eigenvalue weighted by atomic mass is 32.1. The van der Waals surface area contributed by atoms with Crippen molar-refractivity contribution in [3.63, 3.8) is 0 Å². The van der Waals surface area contributed by atoms with E-state index in [-0.39, 0.29) is 18.3 Å². The van der Waals surface area contributed by atoms with Gasteiger partial charge in [0.1, 0.15) is 0 Å². The highest BCUT2D eigenvalue weighted by Gasteiger charge is 2.36. The van der Waals surface area contributed by atoms with Crippen LogP contribution in [0.3, 0.4) is 0 Å². The zero-order chi connectivity index (χ0) is 12.2. The Morgan fingerprint density at radius 1 is 1.44 bits per heavy atom. The summed E-state index contributed by atoms with van der Waals surface area (Å²) >= 11 is 0.448. The first-order valence-corrected chi connectivity index (χ1v) is 5.18. The van der Waals surface area contributed by atoms with Crippen LogP contribution in [0, 0.1) is 0 Å². The summed E-state index contributed by atoms with van der Waals surface area (Å²) in [6.45, 7) is 3.81. The Morgan fingerprint density at radius 2 is 2.12 bits per heavy atom. The number of aromatic nitrogens is 2. The monoisotopic (exact) mass is 253 g/mol. The van der Waals surface area contributed by atoms with Gasteiger partial charge in [0.05, 0.1) is 6.61 Å². The van der Waals surface area contributed by atoms with Crippen molar-refractivity contribution in [1.82, 2.24) is 10.2 Å². The van der Waals surface area contributed by atoms with Gasteiger partial charge in [-0.15, -0.1) is 16.8 Å². The third kappa shape index (κ3) is 3.17. The first-order chi connectivity index (χ1) is 7.49. The van der Waals surface area contributed by atoms with E-state index in [4.69, 9.17) is 5.11 Å². The quantitative estimate of drug-likeness (QED) is 0.809. The lowest BCUT2D eigenvalue weighted by atomic mass is 10.5. The summed E-state index contributed by atoms with van der Waals surface area (Å²) in [6.07, 6.45) is -2.96. The normalized spacial score (nSPS) is 11.5. The van der Waals surface area contributed by atoms with Crippen molar-refractivity contribution in [1.29, 1.82) is 0 Å². The maximum Gasteiger partial charge on any atom is 0.445 e. The molecule has 0 aliphatic rings. The molecule has 0 saturated carbocycles. The van der Waals surface area contributed by atoms with E-state index in [0.29, 0.717) is 17.9 Å². The van der Waals surface area contributed by atoms with Crippen LogP contribution in [0.25, 0.3) is 0 Å². The third-order valence-electron chi connectivity index (χ3n) is 1.65. The van der Waals surface area contributed by atoms with Crippen LogP contribution in [-0.4, -0.2) is 35.0 Å². The molecule has 0 fully saturated rings. The van der Waals surface area contributed by atoms with Gasteiger partial charge in [0, 0.05) is 13.1 Å². The SMILES string of the molecule is C=CCN(CCO)c1nnc(C(F)(F)F)s1. The number of hydrogen-bond acceptors (Lipinski definition) is 5. The first kappa shape index (κ1) is 12.9. The van der Waals surface area contributed by atoms with Crippen LogP contribution >= 0.6 is 11.3 Å². The van der Waals surface area contributed by atoms with Crippen molar-refractivity contribution in [3.05, 3.63) is 17.7 Å². The van der Waals surface area contributed by atoms with Crippen LogP contribution < -0.4 is 4.90 Å². The average molecular weight is 253 g/mol. The Balaban J connectivity index is 2.85. The summed E-state index contributed by atoms with van der Waals surface area (Å²) in [5, 5.41) is 14.4. The minimum atomic E-state index is -4.48. The lowest BCUT2D eigenvalue weighted by Gasteiger charge is -2.17. The largest absolute Gasteiger partial charge is 0.445 e. The molecule has 0 amide bonds. The molecule has 0 aliphatic heterocycles. The van der Waals surface area contributed by atoms with Crippen LogP contribution in [0.5, 0.6) is 0 Å². The Morgan fingerprint density at radius 3 is 2.56 bits per heavy atom. The maximum atomic E-state index is 12.3. The van der Waals surface area contributed by atoms with Crippen LogP contribution in [0.15, 0.2) is 12.7 Å². The Hall–Kier alpha value is -1.15. The standard InChI is InChI=1S/C8H10F3N3OS/c1-2-3-14(4-5-15)7-13-12-6(16-7)8(9,10)11/h2,15H,1,3-5H2. The molecule has 90 valence electrons. The van der Waals surface area contributed by atoms with Gasteiger partial charge < -0.3 is 10.0 Å². The summed E-state index contributed by atoms with van der Waals surface area (Å²) in [5.41, 5.74) is 0. The molecule has 0 spiro atoms. The zero-order valence-electron chi connectivity index (χ0n) is 8.24. The topological polar surface area (TPSA) is 49.2 Å². The van der Waals surface area contributed by atoms with Gasteiger partial charge in [-0.25, -0.2) is 0 Å². The number of aliphatic hydroxyl groups excluding tert-OH is 1. The predicted molar refractivity (Wildman–Crippen MR) is 54.4 cm³/mol. The summed E-state index contributed by atoms with van der Waals surface area (Å²) in [4.78, 5) is 1.47. The number of aliphatic hydroxyl groups is 1. The molecule has 0 aliphatic carbocycles. The lowest BCUT2D eigenvalue weighted by molar-refractivity contribution is -0.138. The number of nitrogens with zero attached hydrogens (tertiary/aromatic N) is 3. The molecule has 0 atom stereocenters. The number of alkyl halides is 3. The number of hydrogen-bond donors (Lipinski definition) is 1. The second kappa shape index (κ2) is 5.26. The first-order valence-electron chi connectivity index (χ1n) is 4.36. The summed E-state index contributed by atoms with van der Waals surface area (Å²) in [6, 6.07) is 0. The van der Waals surface area contributed by atoms with Gasteiger partial charge >= 0.3 is 6.18 Å². The molecule has 1 heterocycles. The van der Waals surface area contributed by atoms with E-state index in [0.717, 1.165) is 0 Å². The van der Waals surface area contributed by atoms with Crippen molar-refractivity contribution >= 4 is 16.5 Å². The number of rotatable bonds is 5. The van der Waals surface area contributed by atoms with Crippen molar-refractivity contribution in [2.24, 2.45) is 0 Å². The Kier molecular flexibility index (Phi) is 4.25. The van der Waals surface area contributed by atoms with E-state index in [9.17, 15) is 13.2 Å². The maximum absolute atomic E-state index is 12.3. The average Bonchev–Trinajstić information content (AvgIpc) is 2.65. The van der Waals surface area contributed by atoms with Crippen LogP contribution in [0.1, 0.15) is 5.01 Å². The fraction of sp³-hybridized carbons (Fsp3) is 0.500. The van der Waals surface area contributed by atoms with Gasteiger partial charge in [0.2, 0.25) is 10.1 Å². The fourth-order valence-corrected chi connectivity index (χ4v) is 1.75. The van der Waals surface area contributed by atoms with Crippen molar-refractivity contribution in [2.75, 3.05) is 24.6 Å². The molecule has 1 rings (SSSR count). The van der Waals surface area contributed by atoms with Crippen molar-refractivity contribution in [3.8, 4) is 0 Å². The minimum Gasteiger partial charge on any atom is -0.395 e. The van der Waals surface area contributed by atoms with E-state index in [1.165, 1.54) is 11.0 Å². The van der Waals surface area contributed by atoms with E-state index in [2.05, 4.69) is 16.8 Å². The summed E-state index contributed by atoms with van der Waals surface area (Å²) in [7, 11) is 0. The van der Waals surface area contributed by atoms with E-state index in [1.54, 1.807) is 0 Å². The highest BCUT2D eigenvalue weighted by Crippen LogP contribution is 2.34. The minimum absolute atomic E-state index is 0.126. The third-order valence-corrected chi connectivity index (χ3v) is 2.68. The van der Waals surface area contributed by atoms with Gasteiger partial charge in [0.15, 0.2) is 0 Å². The zero-order valence-corrected chi connectivity index (χ0v) is 9.05. The molecule has 0 bridgehead atoms. The predicted octanol–water partition coefficient (Wildman–Crippen LogP) is 1.54. The molecular formula is C8H10F3N3OS. The number of halogens is 3. The molecule has 1 aromatic rings. The molecule has 0 radical (unpaired) electrons. The summed E-state index contributed by atoms with van der Waals surface area (Å²) in [5.74, 6) is 0. The van der Waals surface area contributed by atoms with E-state index >= 15 is 0 Å². The van der Waals surface area contributed by atoms with E-state index in [1.807, 2.05) is 0 Å². The fourth-order valence-electron chi connectivity index (χ4n) is 0.999. The molecule has 1 aromatic heterocycles. The van der Waals surface area contributed by atoms with Crippen LogP contribution in [-0.2, 0) is 6.18 Å². The highest BCUT2D eigenvalue weighted by molar-refractivity contribution is 7.15.